The molecule has 2 radical (unpaired) electrons. The van der Waals surface area contributed by atoms with E-state index in [0.29, 0.717) is 17.9 Å². The second-order valence-electron chi connectivity index (χ2n) is 5.50. The lowest BCUT2D eigenvalue weighted by molar-refractivity contribution is -0.134. The number of hydrogen-bond donors (Lipinski definition) is 1. The summed E-state index contributed by atoms with van der Waals surface area (Å²) >= 11 is 0. The highest BCUT2D eigenvalue weighted by molar-refractivity contribution is 6.13. The summed E-state index contributed by atoms with van der Waals surface area (Å²) in [5.41, 5.74) is -0.301. The first kappa shape index (κ1) is 14.4. The number of rotatable bonds is 3. The fourth-order valence-electron chi connectivity index (χ4n) is 2.31. The predicted molar refractivity (Wildman–Crippen MR) is 77.1 cm³/mol. The maximum absolute atomic E-state index is 12.5. The van der Waals surface area contributed by atoms with Gasteiger partial charge in [-0.05, 0) is 44.8 Å². The molecular weight excluding hydrogens is 251 g/mol. The Kier molecular flexibility index (Phi) is 3.98. The molecule has 6 heteroatoms. The van der Waals surface area contributed by atoms with Crippen molar-refractivity contribution >= 4 is 19.6 Å². The van der Waals surface area contributed by atoms with Gasteiger partial charge >= 0.3 is 0 Å². The third kappa shape index (κ3) is 2.93. The van der Waals surface area contributed by atoms with Crippen LogP contribution in [0.25, 0.3) is 0 Å². The molecule has 1 fully saturated rings. The number of pyridine rings is 1. The minimum absolute atomic E-state index is 0.0336. The molecule has 0 unspecified atom stereocenters. The molecule has 1 aliphatic rings. The number of likely N-dealkylation sites (tertiary alicyclic amines) is 1. The number of carbonyl (C=O) groups excluding carboxylic acids is 1. The summed E-state index contributed by atoms with van der Waals surface area (Å²) in [6.45, 7) is 4.31. The smallest absolute Gasteiger partial charge is 0.247 e. The zero-order chi connectivity index (χ0) is 14.8. The largest absolute Gasteiger partial charge is 0.356 e. The molecule has 0 saturated carbocycles. The highest BCUT2D eigenvalue weighted by Gasteiger charge is 2.36. The second kappa shape index (κ2) is 5.54. The van der Waals surface area contributed by atoms with E-state index in [1.807, 2.05) is 6.07 Å². The van der Waals surface area contributed by atoms with E-state index < -0.39 is 5.54 Å². The molecule has 0 spiro atoms. The van der Waals surface area contributed by atoms with E-state index in [1.54, 1.807) is 30.9 Å². The molecule has 2 rings (SSSR count). The van der Waals surface area contributed by atoms with Gasteiger partial charge < -0.3 is 10.2 Å². The van der Waals surface area contributed by atoms with Crippen LogP contribution in [0, 0.1) is 11.3 Å². The van der Waals surface area contributed by atoms with Crippen LogP contribution < -0.4 is 5.32 Å². The Balaban J connectivity index is 2.09. The minimum atomic E-state index is -0.789. The molecule has 1 atom stereocenters. The number of anilines is 1. The molecule has 1 aromatic heterocycles. The van der Waals surface area contributed by atoms with Gasteiger partial charge in [-0.15, -0.1) is 0 Å². The summed E-state index contributed by atoms with van der Waals surface area (Å²) in [7, 11) is 5.93. The van der Waals surface area contributed by atoms with Crippen LogP contribution in [0.1, 0.15) is 32.3 Å². The highest BCUT2D eigenvalue weighted by atomic mass is 16.2. The molecule has 102 valence electrons. The number of nitriles is 1. The number of amides is 1. The Morgan fingerprint density at radius 3 is 2.85 bits per heavy atom. The molecule has 20 heavy (non-hydrogen) atoms. The standard InChI is InChI=1S/C14H17BN4O/c1-14(2,13(20)19-7-3-4-11(19)15)18-12-6-5-10(8-16)9-17-12/h5-6,9,11H,3-4,7H2,1-2H3,(H,17,18)/t11-/m1/s1. The number of hydrogen-bond acceptors (Lipinski definition) is 4. The van der Waals surface area contributed by atoms with Crippen molar-refractivity contribution in [3.63, 3.8) is 0 Å². The molecule has 1 saturated heterocycles. The molecule has 0 aliphatic carbocycles. The van der Waals surface area contributed by atoms with Gasteiger partial charge in [-0.1, -0.05) is 0 Å². The van der Waals surface area contributed by atoms with Crippen LogP contribution in [-0.4, -0.2) is 41.7 Å². The molecule has 1 N–H and O–H groups in total. The summed E-state index contributed by atoms with van der Waals surface area (Å²) in [5.74, 6) is 0.335. The SMILES string of the molecule is [B][C@H]1CCCN1C(=O)C(C)(C)Nc1ccc(C#N)cn1. The second-order valence-corrected chi connectivity index (χ2v) is 5.50. The fraction of sp³-hybridized carbons (Fsp3) is 0.500. The Bertz CT molecular complexity index is 535. The van der Waals surface area contributed by atoms with Gasteiger partial charge in [0.15, 0.2) is 0 Å². The van der Waals surface area contributed by atoms with Crippen molar-refractivity contribution in [2.24, 2.45) is 0 Å². The molecule has 0 bridgehead atoms. The maximum atomic E-state index is 12.5. The molecular formula is C14H17BN4O. The quantitative estimate of drug-likeness (QED) is 0.838. The van der Waals surface area contributed by atoms with Gasteiger partial charge in [0.25, 0.3) is 0 Å². The van der Waals surface area contributed by atoms with Crippen LogP contribution >= 0.6 is 0 Å². The van der Waals surface area contributed by atoms with E-state index in [1.165, 1.54) is 6.20 Å². The third-order valence-electron chi connectivity index (χ3n) is 3.43. The lowest BCUT2D eigenvalue weighted by Crippen LogP contribution is -2.51. The zero-order valence-electron chi connectivity index (χ0n) is 11.8. The van der Waals surface area contributed by atoms with Crippen LogP contribution in [0.2, 0.25) is 0 Å². The van der Waals surface area contributed by atoms with Gasteiger partial charge in [0.2, 0.25) is 5.91 Å². The summed E-state index contributed by atoms with van der Waals surface area (Å²) in [6, 6.07) is 5.36. The van der Waals surface area contributed by atoms with Gasteiger partial charge in [0.05, 0.1) is 13.4 Å². The van der Waals surface area contributed by atoms with Gasteiger partial charge in [0, 0.05) is 12.7 Å². The molecule has 1 aliphatic heterocycles. The van der Waals surface area contributed by atoms with E-state index in [9.17, 15) is 4.79 Å². The summed E-state index contributed by atoms with van der Waals surface area (Å²) in [5, 5.41) is 11.8. The van der Waals surface area contributed by atoms with Crippen LogP contribution in [0.3, 0.4) is 0 Å². The van der Waals surface area contributed by atoms with Crippen molar-refractivity contribution in [1.29, 1.82) is 5.26 Å². The average Bonchev–Trinajstić information content (AvgIpc) is 2.84. The van der Waals surface area contributed by atoms with Crippen molar-refractivity contribution < 1.29 is 4.79 Å². The molecule has 0 aromatic carbocycles. The van der Waals surface area contributed by atoms with Crippen molar-refractivity contribution in [3.05, 3.63) is 23.9 Å². The van der Waals surface area contributed by atoms with Gasteiger partial charge in [-0.3, -0.25) is 4.79 Å². The van der Waals surface area contributed by atoms with E-state index in [0.717, 1.165) is 12.8 Å². The third-order valence-corrected chi connectivity index (χ3v) is 3.43. The Morgan fingerprint density at radius 1 is 1.60 bits per heavy atom. The number of nitrogens with zero attached hydrogens (tertiary/aromatic N) is 3. The fourth-order valence-corrected chi connectivity index (χ4v) is 2.31. The molecule has 5 nitrogen and oxygen atoms in total. The number of nitrogens with one attached hydrogen (secondary N) is 1. The summed E-state index contributed by atoms with van der Waals surface area (Å²) in [4.78, 5) is 18.3. The van der Waals surface area contributed by atoms with Crippen molar-refractivity contribution in [2.75, 3.05) is 11.9 Å². The summed E-state index contributed by atoms with van der Waals surface area (Å²) in [6.07, 6.45) is 3.26. The first-order valence-electron chi connectivity index (χ1n) is 6.65. The van der Waals surface area contributed by atoms with E-state index in [2.05, 4.69) is 10.3 Å². The van der Waals surface area contributed by atoms with Crippen molar-refractivity contribution in [3.8, 4) is 6.07 Å². The van der Waals surface area contributed by atoms with Gasteiger partial charge in [0.1, 0.15) is 17.4 Å². The van der Waals surface area contributed by atoms with Crippen molar-refractivity contribution in [1.82, 2.24) is 9.88 Å². The van der Waals surface area contributed by atoms with Crippen LogP contribution in [0.4, 0.5) is 5.82 Å². The Morgan fingerprint density at radius 2 is 2.35 bits per heavy atom. The summed E-state index contributed by atoms with van der Waals surface area (Å²) < 4.78 is 0. The van der Waals surface area contributed by atoms with Crippen molar-refractivity contribution in [2.45, 2.75) is 38.2 Å². The van der Waals surface area contributed by atoms with Crippen LogP contribution in [0.5, 0.6) is 0 Å². The number of aromatic nitrogens is 1. The minimum Gasteiger partial charge on any atom is -0.356 e. The first-order chi connectivity index (χ1) is 9.44. The monoisotopic (exact) mass is 268 g/mol. The first-order valence-corrected chi connectivity index (χ1v) is 6.65. The average molecular weight is 268 g/mol. The topological polar surface area (TPSA) is 69.0 Å². The lowest BCUT2D eigenvalue weighted by atomic mass is 9.92. The molecule has 1 aromatic rings. The molecule has 2 heterocycles. The van der Waals surface area contributed by atoms with Crippen LogP contribution in [0.15, 0.2) is 18.3 Å². The maximum Gasteiger partial charge on any atom is 0.247 e. The van der Waals surface area contributed by atoms with E-state index >= 15 is 0 Å². The van der Waals surface area contributed by atoms with E-state index in [-0.39, 0.29) is 11.8 Å². The molecule has 1 amide bonds. The highest BCUT2D eigenvalue weighted by Crippen LogP contribution is 2.22. The van der Waals surface area contributed by atoms with Gasteiger partial charge in [-0.25, -0.2) is 4.98 Å². The Hall–Kier alpha value is -2.03. The lowest BCUT2D eigenvalue weighted by Gasteiger charge is -2.33. The predicted octanol–water partition coefficient (Wildman–Crippen LogP) is 1.26. The number of carbonyl (C=O) groups is 1. The van der Waals surface area contributed by atoms with Crippen LogP contribution in [-0.2, 0) is 4.79 Å². The normalized spacial score (nSPS) is 18.6. The van der Waals surface area contributed by atoms with E-state index in [4.69, 9.17) is 13.1 Å². The zero-order valence-corrected chi connectivity index (χ0v) is 11.8. The Labute approximate surface area is 120 Å². The van der Waals surface area contributed by atoms with Gasteiger partial charge in [-0.2, -0.15) is 5.26 Å².